The minimum Gasteiger partial charge on any atom is -0.497 e. The fourth-order valence-electron chi connectivity index (χ4n) is 4.09. The average Bonchev–Trinajstić information content (AvgIpc) is 3.25. The standard InChI is InChI=1S/C25H22N4O4/c1-15(30)21-16(2)33-25-23(22(21)17-9-11-18(31-3)12-10-17)24-27-20(28-29(24)14-26-25)13-32-19-7-5-4-6-8-19/h4-12,14,22H,13H2,1-3H3/t22-/m0/s1. The number of rotatable bonds is 6. The molecule has 0 spiro atoms. The Labute approximate surface area is 190 Å². The Morgan fingerprint density at radius 1 is 1.09 bits per heavy atom. The van der Waals surface area contributed by atoms with Gasteiger partial charge in [-0.25, -0.2) is 14.5 Å². The summed E-state index contributed by atoms with van der Waals surface area (Å²) in [6.07, 6.45) is 1.56. The van der Waals surface area contributed by atoms with Crippen LogP contribution in [0.3, 0.4) is 0 Å². The number of Topliss-reactive ketones (excluding diaryl/α,β-unsaturated/α-hetero) is 1. The van der Waals surface area contributed by atoms with Crippen molar-refractivity contribution >= 4 is 11.4 Å². The normalized spacial score (nSPS) is 15.2. The monoisotopic (exact) mass is 442 g/mol. The van der Waals surface area contributed by atoms with Crippen LogP contribution in [0, 0.1) is 0 Å². The highest BCUT2D eigenvalue weighted by Crippen LogP contribution is 2.44. The first-order valence-corrected chi connectivity index (χ1v) is 10.5. The van der Waals surface area contributed by atoms with E-state index in [1.54, 1.807) is 31.8 Å². The Morgan fingerprint density at radius 2 is 1.85 bits per heavy atom. The molecule has 8 nitrogen and oxygen atoms in total. The van der Waals surface area contributed by atoms with Crippen LogP contribution in [-0.4, -0.2) is 32.5 Å². The SMILES string of the molecule is COc1ccc([C@H]2C(C(C)=O)=C(C)Oc3ncn4nc(COc5ccccc5)nc4c32)cc1. The number of ether oxygens (including phenoxy) is 3. The van der Waals surface area contributed by atoms with Crippen LogP contribution in [0.25, 0.3) is 5.65 Å². The summed E-state index contributed by atoms with van der Waals surface area (Å²) >= 11 is 0. The van der Waals surface area contributed by atoms with Gasteiger partial charge in [0.05, 0.1) is 12.7 Å². The molecule has 4 aromatic rings. The summed E-state index contributed by atoms with van der Waals surface area (Å²) < 4.78 is 18.7. The zero-order valence-electron chi connectivity index (χ0n) is 18.5. The first kappa shape index (κ1) is 20.7. The number of nitrogens with zero attached hydrogens (tertiary/aromatic N) is 4. The molecule has 5 rings (SSSR count). The molecule has 0 aliphatic carbocycles. The van der Waals surface area contributed by atoms with Crippen molar-refractivity contribution in [2.45, 2.75) is 26.4 Å². The smallest absolute Gasteiger partial charge is 0.228 e. The Morgan fingerprint density at radius 3 is 2.55 bits per heavy atom. The third kappa shape index (κ3) is 3.80. The molecule has 3 heterocycles. The fraction of sp³-hybridized carbons (Fsp3) is 0.200. The average molecular weight is 442 g/mol. The summed E-state index contributed by atoms with van der Waals surface area (Å²) in [6.45, 7) is 3.52. The predicted octanol–water partition coefficient (Wildman–Crippen LogP) is 4.10. The quantitative estimate of drug-likeness (QED) is 0.444. The number of methoxy groups -OCH3 is 1. The molecule has 1 aliphatic heterocycles. The highest BCUT2D eigenvalue weighted by Gasteiger charge is 2.36. The maximum Gasteiger partial charge on any atom is 0.228 e. The van der Waals surface area contributed by atoms with Crippen molar-refractivity contribution in [1.82, 2.24) is 19.6 Å². The van der Waals surface area contributed by atoms with Gasteiger partial charge >= 0.3 is 0 Å². The fourth-order valence-corrected chi connectivity index (χ4v) is 4.09. The molecule has 1 atom stereocenters. The Hall–Kier alpha value is -4.20. The number of para-hydroxylation sites is 1. The molecule has 1 aliphatic rings. The Balaban J connectivity index is 1.61. The lowest BCUT2D eigenvalue weighted by Crippen LogP contribution is -2.22. The van der Waals surface area contributed by atoms with Gasteiger partial charge in [0.1, 0.15) is 30.2 Å². The molecule has 0 radical (unpaired) electrons. The lowest BCUT2D eigenvalue weighted by atomic mass is 9.82. The maximum atomic E-state index is 12.7. The summed E-state index contributed by atoms with van der Waals surface area (Å²) in [4.78, 5) is 21.9. The largest absolute Gasteiger partial charge is 0.497 e. The van der Waals surface area contributed by atoms with Gasteiger partial charge in [-0.15, -0.1) is 5.10 Å². The van der Waals surface area contributed by atoms with Crippen molar-refractivity contribution in [3.63, 3.8) is 0 Å². The molecule has 0 N–H and O–H groups in total. The van der Waals surface area contributed by atoms with E-state index in [9.17, 15) is 4.79 Å². The number of ketones is 1. The van der Waals surface area contributed by atoms with Gasteiger partial charge in [-0.1, -0.05) is 30.3 Å². The molecule has 2 aromatic heterocycles. The topological polar surface area (TPSA) is 87.8 Å². The zero-order valence-corrected chi connectivity index (χ0v) is 18.5. The highest BCUT2D eigenvalue weighted by molar-refractivity contribution is 5.97. The summed E-state index contributed by atoms with van der Waals surface area (Å²) in [5.74, 6) is 2.42. The second-order valence-electron chi connectivity index (χ2n) is 7.70. The van der Waals surface area contributed by atoms with E-state index in [-0.39, 0.29) is 12.4 Å². The number of benzene rings is 2. The van der Waals surface area contributed by atoms with Gasteiger partial charge in [-0.2, -0.15) is 0 Å². The van der Waals surface area contributed by atoms with Crippen LogP contribution >= 0.6 is 0 Å². The van der Waals surface area contributed by atoms with Crippen molar-refractivity contribution < 1.29 is 19.0 Å². The van der Waals surface area contributed by atoms with E-state index in [0.717, 1.165) is 17.1 Å². The molecule has 166 valence electrons. The second-order valence-corrected chi connectivity index (χ2v) is 7.70. The molecular formula is C25H22N4O4. The van der Waals surface area contributed by atoms with E-state index in [2.05, 4.69) is 10.1 Å². The van der Waals surface area contributed by atoms with Gasteiger partial charge in [0.15, 0.2) is 17.3 Å². The van der Waals surface area contributed by atoms with Crippen LogP contribution in [-0.2, 0) is 11.4 Å². The molecule has 0 unspecified atom stereocenters. The van der Waals surface area contributed by atoms with E-state index in [0.29, 0.717) is 34.2 Å². The van der Waals surface area contributed by atoms with Crippen molar-refractivity contribution in [3.8, 4) is 17.4 Å². The summed E-state index contributed by atoms with van der Waals surface area (Å²) in [7, 11) is 1.62. The highest BCUT2D eigenvalue weighted by atomic mass is 16.5. The van der Waals surface area contributed by atoms with Crippen molar-refractivity contribution in [2.24, 2.45) is 0 Å². The van der Waals surface area contributed by atoms with Gasteiger partial charge in [-0.05, 0) is 43.7 Å². The van der Waals surface area contributed by atoms with Gasteiger partial charge in [0.2, 0.25) is 5.88 Å². The van der Waals surface area contributed by atoms with Gasteiger partial charge in [0.25, 0.3) is 0 Å². The molecule has 0 amide bonds. The van der Waals surface area contributed by atoms with Crippen LogP contribution in [0.15, 0.2) is 72.3 Å². The molecule has 0 bridgehead atoms. The molecule has 0 fully saturated rings. The maximum absolute atomic E-state index is 12.7. The first-order valence-electron chi connectivity index (χ1n) is 10.5. The molecule has 2 aromatic carbocycles. The number of hydrogen-bond donors (Lipinski definition) is 0. The number of hydrogen-bond acceptors (Lipinski definition) is 7. The van der Waals surface area contributed by atoms with Crippen LogP contribution < -0.4 is 14.2 Å². The molecule has 0 saturated heterocycles. The number of allylic oxidation sites excluding steroid dienone is 2. The number of aromatic nitrogens is 4. The third-order valence-electron chi connectivity index (χ3n) is 5.58. The predicted molar refractivity (Wildman–Crippen MR) is 120 cm³/mol. The van der Waals surface area contributed by atoms with Crippen molar-refractivity contribution in [3.05, 3.63) is 89.2 Å². The zero-order chi connectivity index (χ0) is 22.9. The van der Waals surface area contributed by atoms with E-state index in [1.807, 2.05) is 54.6 Å². The molecule has 0 saturated carbocycles. The molecule has 33 heavy (non-hydrogen) atoms. The van der Waals surface area contributed by atoms with Crippen LogP contribution in [0.4, 0.5) is 0 Å². The third-order valence-corrected chi connectivity index (χ3v) is 5.58. The van der Waals surface area contributed by atoms with E-state index in [1.165, 1.54) is 0 Å². The second kappa shape index (κ2) is 8.38. The van der Waals surface area contributed by atoms with E-state index >= 15 is 0 Å². The number of carbonyl (C=O) groups excluding carboxylic acids is 1. The number of carbonyl (C=O) groups is 1. The molecular weight excluding hydrogens is 420 g/mol. The van der Waals surface area contributed by atoms with Crippen LogP contribution in [0.5, 0.6) is 17.4 Å². The minimum atomic E-state index is -0.402. The van der Waals surface area contributed by atoms with E-state index in [4.69, 9.17) is 19.2 Å². The lowest BCUT2D eigenvalue weighted by molar-refractivity contribution is -0.114. The van der Waals surface area contributed by atoms with E-state index < -0.39 is 5.92 Å². The van der Waals surface area contributed by atoms with Gasteiger partial charge in [0, 0.05) is 11.5 Å². The first-order chi connectivity index (χ1) is 16.0. The van der Waals surface area contributed by atoms with Crippen LogP contribution in [0.1, 0.15) is 36.7 Å². The summed E-state index contributed by atoms with van der Waals surface area (Å²) in [5.41, 5.74) is 2.73. The minimum absolute atomic E-state index is 0.0758. The van der Waals surface area contributed by atoms with Gasteiger partial charge in [-0.3, -0.25) is 4.79 Å². The Kier molecular flexibility index (Phi) is 5.26. The molecule has 8 heteroatoms. The van der Waals surface area contributed by atoms with Crippen LogP contribution in [0.2, 0.25) is 0 Å². The lowest BCUT2D eigenvalue weighted by Gasteiger charge is -2.28. The van der Waals surface area contributed by atoms with Crippen molar-refractivity contribution in [2.75, 3.05) is 7.11 Å². The summed E-state index contributed by atoms with van der Waals surface area (Å²) in [5, 5.41) is 4.52. The number of fused-ring (bicyclic) bond motifs is 3. The summed E-state index contributed by atoms with van der Waals surface area (Å²) in [6, 6.07) is 17.1. The van der Waals surface area contributed by atoms with Crippen molar-refractivity contribution in [1.29, 1.82) is 0 Å². The van der Waals surface area contributed by atoms with Gasteiger partial charge < -0.3 is 14.2 Å². The Bertz CT molecular complexity index is 1360.